The van der Waals surface area contributed by atoms with E-state index in [1.54, 1.807) is 18.2 Å². The number of methoxy groups -OCH3 is 1. The SMILES string of the molecule is COc1cc([N+](=O)[O-])cc2c1N[C@@H](c1ccc([N+](=O)[O-])cc1)[C@H]1CC=C[C@H]21. The predicted octanol–water partition coefficient (Wildman–Crippen LogP) is 4.34. The summed E-state index contributed by atoms with van der Waals surface area (Å²) in [5.74, 6) is 0.616. The van der Waals surface area contributed by atoms with Crippen molar-refractivity contribution in [3.8, 4) is 5.75 Å². The Labute approximate surface area is 154 Å². The molecule has 0 saturated heterocycles. The number of fused-ring (bicyclic) bond motifs is 3. The molecular weight excluding hydrogens is 350 g/mol. The highest BCUT2D eigenvalue weighted by atomic mass is 16.6. The highest BCUT2D eigenvalue weighted by Crippen LogP contribution is 2.53. The molecule has 4 rings (SSSR count). The molecule has 8 nitrogen and oxygen atoms in total. The van der Waals surface area contributed by atoms with E-state index in [1.807, 2.05) is 0 Å². The lowest BCUT2D eigenvalue weighted by molar-refractivity contribution is -0.385. The van der Waals surface area contributed by atoms with Crippen molar-refractivity contribution in [1.82, 2.24) is 0 Å². The fourth-order valence-electron chi connectivity index (χ4n) is 4.05. The predicted molar refractivity (Wildman–Crippen MR) is 99.1 cm³/mol. The van der Waals surface area contributed by atoms with Crippen LogP contribution in [0.1, 0.15) is 29.5 Å². The van der Waals surface area contributed by atoms with Gasteiger partial charge < -0.3 is 10.1 Å². The Kier molecular flexibility index (Phi) is 4.02. The van der Waals surface area contributed by atoms with Crippen LogP contribution in [0.15, 0.2) is 48.6 Å². The highest BCUT2D eigenvalue weighted by molar-refractivity contribution is 5.71. The minimum Gasteiger partial charge on any atom is -0.494 e. The molecule has 3 atom stereocenters. The molecule has 1 N–H and O–H groups in total. The maximum atomic E-state index is 11.3. The smallest absolute Gasteiger partial charge is 0.273 e. The zero-order valence-corrected chi connectivity index (χ0v) is 14.5. The average Bonchev–Trinajstić information content (AvgIpc) is 3.16. The van der Waals surface area contributed by atoms with E-state index in [-0.39, 0.29) is 29.3 Å². The fourth-order valence-corrected chi connectivity index (χ4v) is 4.05. The van der Waals surface area contributed by atoms with Gasteiger partial charge in [0.15, 0.2) is 0 Å². The molecule has 2 aromatic carbocycles. The number of rotatable bonds is 4. The Morgan fingerprint density at radius 2 is 1.78 bits per heavy atom. The second kappa shape index (κ2) is 6.39. The number of hydrogen-bond donors (Lipinski definition) is 1. The topological polar surface area (TPSA) is 108 Å². The van der Waals surface area contributed by atoms with E-state index in [2.05, 4.69) is 17.5 Å². The van der Waals surface area contributed by atoms with Crippen LogP contribution in [0.5, 0.6) is 5.75 Å². The molecule has 0 aromatic heterocycles. The van der Waals surface area contributed by atoms with Crippen LogP contribution in [0.25, 0.3) is 0 Å². The third kappa shape index (κ3) is 2.79. The summed E-state index contributed by atoms with van der Waals surface area (Å²) in [5.41, 5.74) is 2.56. The van der Waals surface area contributed by atoms with E-state index in [0.717, 1.165) is 23.2 Å². The molecule has 0 bridgehead atoms. The molecule has 1 aliphatic carbocycles. The number of hydrogen-bond acceptors (Lipinski definition) is 6. The number of nitrogens with one attached hydrogen (secondary N) is 1. The van der Waals surface area contributed by atoms with Crippen LogP contribution >= 0.6 is 0 Å². The number of nitrogens with zero attached hydrogens (tertiary/aromatic N) is 2. The van der Waals surface area contributed by atoms with Crippen molar-refractivity contribution in [2.45, 2.75) is 18.4 Å². The second-order valence-electron chi connectivity index (χ2n) is 6.69. The van der Waals surface area contributed by atoms with Gasteiger partial charge in [-0.2, -0.15) is 0 Å². The van der Waals surface area contributed by atoms with Gasteiger partial charge in [0, 0.05) is 24.1 Å². The normalized spacial score (nSPS) is 22.5. The summed E-state index contributed by atoms with van der Waals surface area (Å²) < 4.78 is 5.41. The number of nitro groups is 2. The number of nitro benzene ring substituents is 2. The van der Waals surface area contributed by atoms with Crippen molar-refractivity contribution in [2.75, 3.05) is 12.4 Å². The van der Waals surface area contributed by atoms with Gasteiger partial charge in [-0.1, -0.05) is 24.3 Å². The molecule has 0 saturated carbocycles. The van der Waals surface area contributed by atoms with Gasteiger partial charge in [-0.3, -0.25) is 20.2 Å². The van der Waals surface area contributed by atoms with Gasteiger partial charge in [0.25, 0.3) is 11.4 Å². The summed E-state index contributed by atoms with van der Waals surface area (Å²) in [7, 11) is 1.48. The second-order valence-corrected chi connectivity index (χ2v) is 6.69. The molecule has 0 amide bonds. The molecule has 0 radical (unpaired) electrons. The van der Waals surface area contributed by atoms with Gasteiger partial charge in [0.2, 0.25) is 0 Å². The van der Waals surface area contributed by atoms with E-state index < -0.39 is 9.85 Å². The number of ether oxygens (including phenoxy) is 1. The van der Waals surface area contributed by atoms with E-state index in [1.165, 1.54) is 25.3 Å². The van der Waals surface area contributed by atoms with Gasteiger partial charge in [-0.25, -0.2) is 0 Å². The van der Waals surface area contributed by atoms with Gasteiger partial charge in [-0.05, 0) is 23.5 Å². The van der Waals surface area contributed by atoms with E-state index in [4.69, 9.17) is 4.74 Å². The van der Waals surface area contributed by atoms with Crippen LogP contribution in [0.4, 0.5) is 17.1 Å². The van der Waals surface area contributed by atoms with Gasteiger partial charge in [0.05, 0.1) is 34.8 Å². The minimum atomic E-state index is -0.421. The molecule has 8 heteroatoms. The third-order valence-corrected chi connectivity index (χ3v) is 5.31. The molecule has 1 aliphatic heterocycles. The highest BCUT2D eigenvalue weighted by Gasteiger charge is 2.40. The first-order valence-corrected chi connectivity index (χ1v) is 8.53. The van der Waals surface area contributed by atoms with Crippen molar-refractivity contribution in [1.29, 1.82) is 0 Å². The Balaban J connectivity index is 1.79. The minimum absolute atomic E-state index is 0.000218. The molecule has 27 heavy (non-hydrogen) atoms. The summed E-state index contributed by atoms with van der Waals surface area (Å²) in [6.07, 6.45) is 4.98. The zero-order valence-electron chi connectivity index (χ0n) is 14.5. The zero-order chi connectivity index (χ0) is 19.1. The van der Waals surface area contributed by atoms with E-state index in [9.17, 15) is 20.2 Å². The van der Waals surface area contributed by atoms with Crippen molar-refractivity contribution >= 4 is 17.1 Å². The molecule has 0 spiro atoms. The summed E-state index contributed by atoms with van der Waals surface area (Å²) in [6, 6.07) is 9.45. The molecule has 0 unspecified atom stereocenters. The maximum Gasteiger partial charge on any atom is 0.273 e. The summed E-state index contributed by atoms with van der Waals surface area (Å²) in [4.78, 5) is 21.4. The van der Waals surface area contributed by atoms with Crippen molar-refractivity contribution in [3.63, 3.8) is 0 Å². The first-order valence-electron chi connectivity index (χ1n) is 8.53. The number of non-ortho nitro benzene ring substituents is 2. The fraction of sp³-hybridized carbons (Fsp3) is 0.263. The Morgan fingerprint density at radius 3 is 2.41 bits per heavy atom. The van der Waals surface area contributed by atoms with Crippen LogP contribution in [0.3, 0.4) is 0 Å². The van der Waals surface area contributed by atoms with Crippen LogP contribution in [0.2, 0.25) is 0 Å². The van der Waals surface area contributed by atoms with Crippen LogP contribution < -0.4 is 10.1 Å². The monoisotopic (exact) mass is 367 g/mol. The molecule has 1 heterocycles. The van der Waals surface area contributed by atoms with Gasteiger partial charge in [0.1, 0.15) is 5.75 Å². The Bertz CT molecular complexity index is 955. The largest absolute Gasteiger partial charge is 0.494 e. The number of allylic oxidation sites excluding steroid dienone is 2. The Hall–Kier alpha value is -3.42. The average molecular weight is 367 g/mol. The third-order valence-electron chi connectivity index (χ3n) is 5.31. The lowest BCUT2D eigenvalue weighted by Gasteiger charge is -2.38. The van der Waals surface area contributed by atoms with Crippen molar-refractivity contribution < 1.29 is 14.6 Å². The molecular formula is C19H17N3O5. The Morgan fingerprint density at radius 1 is 1.07 bits per heavy atom. The molecule has 2 aromatic rings. The van der Waals surface area contributed by atoms with Crippen LogP contribution in [0, 0.1) is 26.1 Å². The van der Waals surface area contributed by atoms with Crippen molar-refractivity contribution in [3.05, 3.63) is 79.9 Å². The van der Waals surface area contributed by atoms with Gasteiger partial charge >= 0.3 is 0 Å². The molecule has 2 aliphatic rings. The standard InChI is InChI=1S/C19H17N3O5/c1-27-17-10-13(22(25)26)9-16-14-3-2-4-15(14)18(20-19(16)17)11-5-7-12(8-6-11)21(23)24/h2-3,5-10,14-15,18,20H,4H2,1H3/t14-,15-,18-/m0/s1. The summed E-state index contributed by atoms with van der Waals surface area (Å²) >= 11 is 0. The van der Waals surface area contributed by atoms with Gasteiger partial charge in [-0.15, -0.1) is 0 Å². The van der Waals surface area contributed by atoms with Crippen LogP contribution in [-0.4, -0.2) is 17.0 Å². The summed E-state index contributed by atoms with van der Waals surface area (Å²) in [5, 5.41) is 25.7. The van der Waals surface area contributed by atoms with Crippen molar-refractivity contribution in [2.24, 2.45) is 5.92 Å². The lowest BCUT2D eigenvalue weighted by atomic mass is 9.76. The first kappa shape index (κ1) is 17.0. The van der Waals surface area contributed by atoms with E-state index in [0.29, 0.717) is 5.75 Å². The lowest BCUT2D eigenvalue weighted by Crippen LogP contribution is -2.29. The first-order chi connectivity index (χ1) is 13.0. The number of benzene rings is 2. The quantitative estimate of drug-likeness (QED) is 0.489. The van der Waals surface area contributed by atoms with E-state index >= 15 is 0 Å². The van der Waals surface area contributed by atoms with Crippen LogP contribution in [-0.2, 0) is 0 Å². The number of anilines is 1. The molecule has 0 fully saturated rings. The maximum absolute atomic E-state index is 11.3. The summed E-state index contributed by atoms with van der Waals surface area (Å²) in [6.45, 7) is 0. The molecule has 138 valence electrons.